The van der Waals surface area contributed by atoms with Crippen molar-refractivity contribution in [3.8, 4) is 11.5 Å². The summed E-state index contributed by atoms with van der Waals surface area (Å²) in [5, 5.41) is 5.78. The molecule has 112 valence electrons. The van der Waals surface area contributed by atoms with Crippen molar-refractivity contribution >= 4 is 22.9 Å². The minimum atomic E-state index is -0.251. The van der Waals surface area contributed by atoms with Crippen LogP contribution < -0.4 is 5.32 Å². The van der Waals surface area contributed by atoms with E-state index in [1.807, 2.05) is 36.6 Å². The van der Waals surface area contributed by atoms with E-state index in [4.69, 9.17) is 4.42 Å². The smallest absolute Gasteiger partial charge is 0.291 e. The summed E-state index contributed by atoms with van der Waals surface area (Å²) in [5.41, 5.74) is 2.67. The third-order valence-corrected chi connectivity index (χ3v) is 4.12. The molecule has 0 radical (unpaired) electrons. The summed E-state index contributed by atoms with van der Waals surface area (Å²) < 4.78 is 5.62. The molecule has 0 fully saturated rings. The van der Waals surface area contributed by atoms with Crippen LogP contribution in [0.15, 0.2) is 46.2 Å². The number of aryl methyl sites for hydroxylation is 2. The molecule has 0 aliphatic carbocycles. The number of carbonyl (C=O) groups excluding carboxylic acids is 1. The van der Waals surface area contributed by atoms with E-state index in [1.54, 1.807) is 23.5 Å². The van der Waals surface area contributed by atoms with Crippen molar-refractivity contribution in [1.29, 1.82) is 0 Å². The van der Waals surface area contributed by atoms with Crippen molar-refractivity contribution in [3.05, 3.63) is 58.1 Å². The maximum Gasteiger partial charge on any atom is 0.291 e. The van der Waals surface area contributed by atoms with E-state index in [2.05, 4.69) is 17.2 Å². The Morgan fingerprint density at radius 3 is 2.82 bits per heavy atom. The molecule has 0 atom stereocenters. The Morgan fingerprint density at radius 2 is 2.09 bits per heavy atom. The van der Waals surface area contributed by atoms with E-state index in [0.717, 1.165) is 28.4 Å². The minimum Gasteiger partial charge on any atom is -0.449 e. The average molecular weight is 312 g/mol. The van der Waals surface area contributed by atoms with Crippen LogP contribution in [0.1, 0.15) is 28.0 Å². The van der Waals surface area contributed by atoms with E-state index < -0.39 is 0 Å². The number of rotatable bonds is 4. The van der Waals surface area contributed by atoms with Gasteiger partial charge in [-0.1, -0.05) is 25.1 Å². The highest BCUT2D eigenvalue weighted by atomic mass is 32.1. The predicted molar refractivity (Wildman–Crippen MR) is 88.3 cm³/mol. The average Bonchev–Trinajstić information content (AvgIpc) is 3.16. The molecule has 2 aromatic heterocycles. The molecule has 0 aliphatic heterocycles. The van der Waals surface area contributed by atoms with Crippen molar-refractivity contribution in [3.63, 3.8) is 0 Å². The molecule has 1 N–H and O–H groups in total. The van der Waals surface area contributed by atoms with Crippen LogP contribution in [0.2, 0.25) is 0 Å². The van der Waals surface area contributed by atoms with Gasteiger partial charge in [0, 0.05) is 11.1 Å². The van der Waals surface area contributed by atoms with Gasteiger partial charge in [0.05, 0.1) is 5.01 Å². The molecule has 22 heavy (non-hydrogen) atoms. The number of amides is 1. The van der Waals surface area contributed by atoms with Crippen LogP contribution in [-0.2, 0) is 6.42 Å². The van der Waals surface area contributed by atoms with Crippen molar-refractivity contribution < 1.29 is 9.21 Å². The summed E-state index contributed by atoms with van der Waals surface area (Å²) in [7, 11) is 0. The van der Waals surface area contributed by atoms with E-state index in [1.165, 1.54) is 0 Å². The van der Waals surface area contributed by atoms with E-state index in [9.17, 15) is 4.79 Å². The first kappa shape index (κ1) is 14.5. The molecule has 0 unspecified atom stereocenters. The normalized spacial score (nSPS) is 10.6. The summed E-state index contributed by atoms with van der Waals surface area (Å²) in [6.07, 6.45) is 0.859. The van der Waals surface area contributed by atoms with E-state index in [0.29, 0.717) is 5.76 Å². The number of nitrogens with zero attached hydrogens (tertiary/aromatic N) is 1. The number of benzene rings is 1. The minimum absolute atomic E-state index is 0.251. The second-order valence-electron chi connectivity index (χ2n) is 4.88. The van der Waals surface area contributed by atoms with Crippen LogP contribution in [-0.4, -0.2) is 10.9 Å². The van der Waals surface area contributed by atoms with Gasteiger partial charge in [0.2, 0.25) is 0 Å². The number of para-hydroxylation sites is 1. The van der Waals surface area contributed by atoms with Crippen LogP contribution in [0.3, 0.4) is 0 Å². The van der Waals surface area contributed by atoms with Gasteiger partial charge >= 0.3 is 0 Å². The lowest BCUT2D eigenvalue weighted by molar-refractivity contribution is 0.0997. The van der Waals surface area contributed by atoms with Gasteiger partial charge < -0.3 is 9.73 Å². The van der Waals surface area contributed by atoms with Crippen molar-refractivity contribution in [2.24, 2.45) is 0 Å². The summed E-state index contributed by atoms with van der Waals surface area (Å²) in [6.45, 7) is 3.99. The Balaban J connectivity index is 1.80. The number of hydrogen-bond donors (Lipinski definition) is 1. The van der Waals surface area contributed by atoms with Crippen LogP contribution in [0.25, 0.3) is 11.5 Å². The molecular formula is C17H16N2O2S. The summed E-state index contributed by atoms with van der Waals surface area (Å²) in [4.78, 5) is 16.7. The van der Waals surface area contributed by atoms with Gasteiger partial charge in [-0.2, -0.15) is 0 Å². The molecule has 0 bridgehead atoms. The molecular weight excluding hydrogens is 296 g/mol. The topological polar surface area (TPSA) is 55.1 Å². The lowest BCUT2D eigenvalue weighted by Crippen LogP contribution is -2.12. The standard InChI is InChI=1S/C17H16N2O2S/c1-3-12-6-4-5-7-13(12)19-17(20)16-9-8-15(21-16)14-10-22-11(2)18-14/h4-10H,3H2,1-2H3,(H,19,20). The first-order chi connectivity index (χ1) is 10.7. The Bertz CT molecular complexity index is 804. The van der Waals surface area contributed by atoms with E-state index >= 15 is 0 Å². The second kappa shape index (κ2) is 6.15. The molecule has 2 heterocycles. The maximum absolute atomic E-state index is 12.3. The first-order valence-corrected chi connectivity index (χ1v) is 7.97. The summed E-state index contributed by atoms with van der Waals surface area (Å²) in [5.74, 6) is 0.643. The Hall–Kier alpha value is -2.40. The number of aromatic nitrogens is 1. The Morgan fingerprint density at radius 1 is 1.27 bits per heavy atom. The highest BCUT2D eigenvalue weighted by Gasteiger charge is 2.14. The van der Waals surface area contributed by atoms with Gasteiger partial charge in [-0.05, 0) is 37.1 Å². The molecule has 3 aromatic rings. The van der Waals surface area contributed by atoms with Gasteiger partial charge in [-0.3, -0.25) is 4.79 Å². The largest absolute Gasteiger partial charge is 0.449 e. The van der Waals surface area contributed by atoms with Crippen molar-refractivity contribution in [1.82, 2.24) is 4.98 Å². The fourth-order valence-electron chi connectivity index (χ4n) is 2.21. The number of anilines is 1. The molecule has 0 spiro atoms. The predicted octanol–water partition coefficient (Wildman–Crippen LogP) is 4.53. The van der Waals surface area contributed by atoms with Crippen LogP contribution >= 0.6 is 11.3 Å². The zero-order chi connectivity index (χ0) is 15.5. The number of nitrogens with one attached hydrogen (secondary N) is 1. The van der Waals surface area contributed by atoms with Gasteiger partial charge in [0.15, 0.2) is 11.5 Å². The molecule has 1 aromatic carbocycles. The zero-order valence-electron chi connectivity index (χ0n) is 12.4. The van der Waals surface area contributed by atoms with Gasteiger partial charge in [0.25, 0.3) is 5.91 Å². The number of thiazole rings is 1. The van der Waals surface area contributed by atoms with Gasteiger partial charge in [0.1, 0.15) is 5.69 Å². The quantitative estimate of drug-likeness (QED) is 0.770. The summed E-state index contributed by atoms with van der Waals surface area (Å²) >= 11 is 1.55. The van der Waals surface area contributed by atoms with Crippen LogP contribution in [0.4, 0.5) is 5.69 Å². The van der Waals surface area contributed by atoms with E-state index in [-0.39, 0.29) is 11.7 Å². The number of hydrogen-bond acceptors (Lipinski definition) is 4. The van der Waals surface area contributed by atoms with Gasteiger partial charge in [-0.25, -0.2) is 4.98 Å². The SMILES string of the molecule is CCc1ccccc1NC(=O)c1ccc(-c2csc(C)n2)o1. The summed E-state index contributed by atoms with van der Waals surface area (Å²) in [6, 6.07) is 11.2. The molecule has 1 amide bonds. The fourth-order valence-corrected chi connectivity index (χ4v) is 2.81. The monoisotopic (exact) mass is 312 g/mol. The molecule has 0 saturated heterocycles. The molecule has 4 nitrogen and oxygen atoms in total. The lowest BCUT2D eigenvalue weighted by Gasteiger charge is -2.08. The highest BCUT2D eigenvalue weighted by molar-refractivity contribution is 7.09. The molecule has 5 heteroatoms. The molecule has 3 rings (SSSR count). The highest BCUT2D eigenvalue weighted by Crippen LogP contribution is 2.24. The van der Waals surface area contributed by atoms with Crippen LogP contribution in [0.5, 0.6) is 0 Å². The molecule has 0 aliphatic rings. The zero-order valence-corrected chi connectivity index (χ0v) is 13.2. The second-order valence-corrected chi connectivity index (χ2v) is 5.94. The Labute approximate surface area is 132 Å². The van der Waals surface area contributed by atoms with Crippen molar-refractivity contribution in [2.75, 3.05) is 5.32 Å². The third-order valence-electron chi connectivity index (χ3n) is 3.35. The third kappa shape index (κ3) is 2.94. The lowest BCUT2D eigenvalue weighted by atomic mass is 10.1. The molecule has 0 saturated carbocycles. The first-order valence-electron chi connectivity index (χ1n) is 7.09. The fraction of sp³-hybridized carbons (Fsp3) is 0.176. The Kier molecular flexibility index (Phi) is 4.06. The maximum atomic E-state index is 12.3. The number of carbonyl (C=O) groups is 1. The number of furan rings is 1. The van der Waals surface area contributed by atoms with Gasteiger partial charge in [-0.15, -0.1) is 11.3 Å². The van der Waals surface area contributed by atoms with Crippen LogP contribution in [0, 0.1) is 6.92 Å². The van der Waals surface area contributed by atoms with Crippen molar-refractivity contribution in [2.45, 2.75) is 20.3 Å².